The van der Waals surface area contributed by atoms with Crippen LogP contribution in [-0.4, -0.2) is 11.7 Å². The van der Waals surface area contributed by atoms with E-state index in [0.29, 0.717) is 0 Å². The zero-order valence-corrected chi connectivity index (χ0v) is 3.44. The fraction of sp³-hybridized carbons (Fsp3) is 0.750. The van der Waals surface area contributed by atoms with Crippen LogP contribution in [0.1, 0.15) is 13.3 Å². The molecule has 0 saturated carbocycles. The summed E-state index contributed by atoms with van der Waals surface area (Å²) in [5.41, 5.74) is 0. The maximum atomic E-state index is 8.01. The Morgan fingerprint density at radius 3 is 2.40 bits per heavy atom. The van der Waals surface area contributed by atoms with Gasteiger partial charge in [0.05, 0.1) is 0 Å². The van der Waals surface area contributed by atoms with Crippen molar-refractivity contribution in [3.63, 3.8) is 0 Å². The highest BCUT2D eigenvalue weighted by Gasteiger charge is 1.70. The fourth-order valence-corrected chi connectivity index (χ4v) is 0.129. The molecule has 0 bridgehead atoms. The smallest absolute Gasteiger partial charge is 0.0462 e. The highest BCUT2D eigenvalue weighted by molar-refractivity contribution is 4.55. The highest BCUT2D eigenvalue weighted by atomic mass is 16.2. The van der Waals surface area contributed by atoms with Gasteiger partial charge in [-0.25, -0.2) is 0 Å². The lowest BCUT2D eigenvalue weighted by Gasteiger charge is -1.78. The third-order valence-electron chi connectivity index (χ3n) is 0.418. The maximum Gasteiger partial charge on any atom is 0.0462 e. The Kier molecular flexibility index (Phi) is 3.93. The summed E-state index contributed by atoms with van der Waals surface area (Å²) in [6.45, 7) is 2.22. The molecule has 0 rings (SSSR count). The summed E-state index contributed by atoms with van der Waals surface area (Å²) >= 11 is 0. The number of hydrogen-bond acceptors (Lipinski definition) is 1. The van der Waals surface area contributed by atoms with Crippen LogP contribution in [0.4, 0.5) is 0 Å². The van der Waals surface area contributed by atoms with Crippen LogP contribution in [-0.2, 0) is 0 Å². The first-order chi connectivity index (χ1) is 2.41. The molecule has 0 aromatic heterocycles. The van der Waals surface area contributed by atoms with E-state index in [1.165, 1.54) is 0 Å². The van der Waals surface area contributed by atoms with E-state index < -0.39 is 0 Å². The van der Waals surface area contributed by atoms with Gasteiger partial charge < -0.3 is 5.11 Å². The largest absolute Gasteiger partial charge is 0.396 e. The molecule has 0 atom stereocenters. The van der Waals surface area contributed by atoms with E-state index in [1.807, 2.05) is 6.92 Å². The minimum atomic E-state index is 0.219. The molecule has 0 aliphatic rings. The molecule has 1 nitrogen and oxygen atoms in total. The molecule has 1 heteroatoms. The fourth-order valence-electron chi connectivity index (χ4n) is 0.129. The Balaban J connectivity index is 2.19. The van der Waals surface area contributed by atoms with Crippen molar-refractivity contribution < 1.29 is 5.11 Å². The summed E-state index contributed by atoms with van der Waals surface area (Å²) in [5.74, 6) is 0. The first-order valence-electron chi connectivity index (χ1n) is 1.84. The zero-order valence-electron chi connectivity index (χ0n) is 3.44. The molecule has 0 aromatic carbocycles. The molecular formula is C4H9O. The molecule has 0 fully saturated rings. The van der Waals surface area contributed by atoms with Crippen molar-refractivity contribution in [1.29, 1.82) is 0 Å². The van der Waals surface area contributed by atoms with Gasteiger partial charge >= 0.3 is 0 Å². The lowest BCUT2D eigenvalue weighted by Crippen LogP contribution is -1.77. The summed E-state index contributed by atoms with van der Waals surface area (Å²) in [7, 11) is 0. The molecule has 1 radical (unpaired) electrons. The normalized spacial score (nSPS) is 8.40. The topological polar surface area (TPSA) is 20.2 Å². The van der Waals surface area contributed by atoms with Crippen molar-refractivity contribution in [3.8, 4) is 0 Å². The maximum absolute atomic E-state index is 8.01. The highest BCUT2D eigenvalue weighted by Crippen LogP contribution is 1.76. The lowest BCUT2D eigenvalue weighted by molar-refractivity contribution is 0.324. The molecule has 0 aliphatic heterocycles. The van der Waals surface area contributed by atoms with Gasteiger partial charge in [0.15, 0.2) is 0 Å². The average molecular weight is 73.1 g/mol. The van der Waals surface area contributed by atoms with Crippen LogP contribution >= 0.6 is 0 Å². The number of hydrogen-bond donors (Lipinski definition) is 1. The Labute approximate surface area is 32.6 Å². The lowest BCUT2D eigenvalue weighted by atomic mass is 10.4. The van der Waals surface area contributed by atoms with Crippen LogP contribution in [0, 0.1) is 6.42 Å². The van der Waals surface area contributed by atoms with Crippen LogP contribution in [0.15, 0.2) is 0 Å². The predicted octanol–water partition coefficient (Wildman–Crippen LogP) is 0.593. The van der Waals surface area contributed by atoms with Crippen LogP contribution in [0.5, 0.6) is 0 Å². The Bertz CT molecular complexity index is 11.1. The second-order valence-corrected chi connectivity index (χ2v) is 0.879. The van der Waals surface area contributed by atoms with Gasteiger partial charge in [0.25, 0.3) is 0 Å². The molecule has 0 saturated heterocycles. The Morgan fingerprint density at radius 1 is 1.80 bits per heavy atom. The monoisotopic (exact) mass is 73.1 g/mol. The van der Waals surface area contributed by atoms with Gasteiger partial charge in [-0.05, 0) is 6.42 Å². The first-order valence-corrected chi connectivity index (χ1v) is 1.84. The molecule has 0 aromatic rings. The number of aliphatic hydroxyl groups is 1. The van der Waals surface area contributed by atoms with E-state index in [0.717, 1.165) is 6.42 Å². The second kappa shape index (κ2) is 3.96. The standard InChI is InChI=1S/C4H9O/c1-2-3-4-5/h3,5H,2,4H2,1H3. The molecule has 31 valence electrons. The molecule has 5 heavy (non-hydrogen) atoms. The van der Waals surface area contributed by atoms with E-state index in [2.05, 4.69) is 0 Å². The summed E-state index contributed by atoms with van der Waals surface area (Å²) in [6.07, 6.45) is 2.77. The van der Waals surface area contributed by atoms with Crippen LogP contribution in [0.2, 0.25) is 0 Å². The van der Waals surface area contributed by atoms with Crippen molar-refractivity contribution in [3.05, 3.63) is 6.42 Å². The van der Waals surface area contributed by atoms with Crippen molar-refractivity contribution in [1.82, 2.24) is 0 Å². The van der Waals surface area contributed by atoms with Gasteiger partial charge in [-0.3, -0.25) is 0 Å². The molecule has 0 unspecified atom stereocenters. The van der Waals surface area contributed by atoms with Gasteiger partial charge in [0.2, 0.25) is 0 Å². The molecule has 0 heterocycles. The van der Waals surface area contributed by atoms with E-state index in [1.54, 1.807) is 6.42 Å². The molecule has 0 aliphatic carbocycles. The van der Waals surface area contributed by atoms with Gasteiger partial charge in [-0.15, -0.1) is 0 Å². The van der Waals surface area contributed by atoms with Crippen LogP contribution in [0.25, 0.3) is 0 Å². The van der Waals surface area contributed by atoms with Gasteiger partial charge in [0, 0.05) is 6.61 Å². The van der Waals surface area contributed by atoms with Crippen molar-refractivity contribution in [2.45, 2.75) is 13.3 Å². The SMILES string of the molecule is CC[CH]CO. The van der Waals surface area contributed by atoms with Crippen molar-refractivity contribution >= 4 is 0 Å². The number of rotatable bonds is 2. The van der Waals surface area contributed by atoms with Crippen molar-refractivity contribution in [2.24, 2.45) is 0 Å². The quantitative estimate of drug-likeness (QED) is 0.507. The third kappa shape index (κ3) is 3.96. The summed E-state index contributed by atoms with van der Waals surface area (Å²) < 4.78 is 0. The number of aliphatic hydroxyl groups excluding tert-OH is 1. The summed E-state index contributed by atoms with van der Waals surface area (Å²) in [4.78, 5) is 0. The minimum Gasteiger partial charge on any atom is -0.396 e. The van der Waals surface area contributed by atoms with Crippen LogP contribution < -0.4 is 0 Å². The van der Waals surface area contributed by atoms with E-state index in [-0.39, 0.29) is 6.61 Å². The molecule has 0 spiro atoms. The average Bonchev–Trinajstić information content (AvgIpc) is 1.41. The van der Waals surface area contributed by atoms with Gasteiger partial charge in [0.1, 0.15) is 0 Å². The first kappa shape index (κ1) is 4.96. The zero-order chi connectivity index (χ0) is 4.12. The third-order valence-corrected chi connectivity index (χ3v) is 0.418. The van der Waals surface area contributed by atoms with Crippen LogP contribution in [0.3, 0.4) is 0 Å². The molecule has 0 amide bonds. The van der Waals surface area contributed by atoms with Crippen molar-refractivity contribution in [2.75, 3.05) is 6.61 Å². The second-order valence-electron chi connectivity index (χ2n) is 0.879. The van der Waals surface area contributed by atoms with E-state index in [9.17, 15) is 0 Å². The summed E-state index contributed by atoms with van der Waals surface area (Å²) in [5, 5.41) is 8.01. The molecule has 1 N–H and O–H groups in total. The predicted molar refractivity (Wildman–Crippen MR) is 21.7 cm³/mol. The van der Waals surface area contributed by atoms with Gasteiger partial charge in [-0.2, -0.15) is 0 Å². The Morgan fingerprint density at radius 2 is 2.40 bits per heavy atom. The number of unbranched alkanes of at least 4 members (excludes halogenated alkanes) is 1. The molecular weight excluding hydrogens is 64.0 g/mol. The van der Waals surface area contributed by atoms with E-state index >= 15 is 0 Å². The van der Waals surface area contributed by atoms with E-state index in [4.69, 9.17) is 5.11 Å². The Hall–Kier alpha value is -0.0400. The van der Waals surface area contributed by atoms with Gasteiger partial charge in [-0.1, -0.05) is 13.3 Å². The minimum absolute atomic E-state index is 0.219. The summed E-state index contributed by atoms with van der Waals surface area (Å²) in [6, 6.07) is 0.